The number of hydrogen-bond acceptors (Lipinski definition) is 6. The molecule has 0 radical (unpaired) electrons. The number of nitrogens with one attached hydrogen (secondary N) is 1. The van der Waals surface area contributed by atoms with Gasteiger partial charge in [-0.2, -0.15) is 8.42 Å². The Morgan fingerprint density at radius 2 is 2.04 bits per heavy atom. The number of para-hydroxylation sites is 1. The number of hydrogen-bond donors (Lipinski definition) is 1. The van der Waals surface area contributed by atoms with E-state index in [1.165, 1.54) is 6.07 Å². The van der Waals surface area contributed by atoms with E-state index in [1.807, 2.05) is 0 Å². The van der Waals surface area contributed by atoms with E-state index in [0.717, 1.165) is 12.8 Å². The molecule has 2 aromatic rings. The van der Waals surface area contributed by atoms with E-state index in [-0.39, 0.29) is 16.7 Å². The molecule has 8 nitrogen and oxygen atoms in total. The predicted molar refractivity (Wildman–Crippen MR) is 105 cm³/mol. The van der Waals surface area contributed by atoms with Gasteiger partial charge in [-0.15, -0.1) is 4.40 Å². The van der Waals surface area contributed by atoms with Gasteiger partial charge in [0, 0.05) is 25.2 Å². The first-order valence-electron chi connectivity index (χ1n) is 9.15. The molecule has 1 fully saturated rings. The number of carbonyl (C=O) groups is 1. The molecule has 1 atom stereocenters. The smallest absolute Gasteiger partial charge is 0.286 e. The number of anilines is 1. The SMILES string of the molecule is Cc1ncc(C(=O)N2CCC[C@@H](C3=NS(=O)(=O)c4ccccc4N3)C2)c(C)n1. The van der Waals surface area contributed by atoms with Crippen LogP contribution in [0.25, 0.3) is 0 Å². The zero-order valence-electron chi connectivity index (χ0n) is 15.7. The minimum absolute atomic E-state index is 0.137. The fraction of sp³-hybridized carbons (Fsp3) is 0.368. The summed E-state index contributed by atoms with van der Waals surface area (Å²) in [5.41, 5.74) is 1.64. The van der Waals surface area contributed by atoms with Crippen molar-refractivity contribution >= 4 is 27.5 Å². The number of fused-ring (bicyclic) bond motifs is 1. The van der Waals surface area contributed by atoms with Gasteiger partial charge in [0.15, 0.2) is 0 Å². The lowest BCUT2D eigenvalue weighted by atomic mass is 9.96. The van der Waals surface area contributed by atoms with Crippen LogP contribution < -0.4 is 5.32 Å². The molecular weight excluding hydrogens is 378 g/mol. The number of rotatable bonds is 2. The molecule has 1 aromatic heterocycles. The highest BCUT2D eigenvalue weighted by Crippen LogP contribution is 2.30. The second kappa shape index (κ2) is 6.97. The molecule has 9 heteroatoms. The largest absolute Gasteiger partial charge is 0.342 e. The molecule has 146 valence electrons. The van der Waals surface area contributed by atoms with E-state index in [9.17, 15) is 13.2 Å². The topological polar surface area (TPSA) is 105 Å². The highest BCUT2D eigenvalue weighted by molar-refractivity contribution is 7.90. The number of benzene rings is 1. The summed E-state index contributed by atoms with van der Waals surface area (Å²) >= 11 is 0. The monoisotopic (exact) mass is 399 g/mol. The highest BCUT2D eigenvalue weighted by atomic mass is 32.2. The Labute approximate surface area is 163 Å². The van der Waals surface area contributed by atoms with Crippen LogP contribution in [0.4, 0.5) is 5.69 Å². The van der Waals surface area contributed by atoms with Crippen LogP contribution in [0, 0.1) is 19.8 Å². The van der Waals surface area contributed by atoms with Crippen LogP contribution in [0.2, 0.25) is 0 Å². The van der Waals surface area contributed by atoms with Gasteiger partial charge in [0.1, 0.15) is 16.6 Å². The van der Waals surface area contributed by atoms with Gasteiger partial charge in [-0.25, -0.2) is 9.97 Å². The number of amides is 1. The van der Waals surface area contributed by atoms with Crippen LogP contribution in [0.1, 0.15) is 34.7 Å². The summed E-state index contributed by atoms with van der Waals surface area (Å²) in [5.74, 6) is 0.706. The van der Waals surface area contributed by atoms with Crippen molar-refractivity contribution in [1.82, 2.24) is 14.9 Å². The summed E-state index contributed by atoms with van der Waals surface area (Å²) in [5, 5.41) is 3.15. The van der Waals surface area contributed by atoms with Crippen molar-refractivity contribution in [2.45, 2.75) is 31.6 Å². The molecule has 2 aliphatic heterocycles. The highest BCUT2D eigenvalue weighted by Gasteiger charge is 2.33. The lowest BCUT2D eigenvalue weighted by molar-refractivity contribution is 0.0701. The summed E-state index contributed by atoms with van der Waals surface area (Å²) < 4.78 is 29.0. The minimum Gasteiger partial charge on any atom is -0.342 e. The van der Waals surface area contributed by atoms with Gasteiger partial charge in [-0.3, -0.25) is 4.79 Å². The van der Waals surface area contributed by atoms with E-state index < -0.39 is 10.0 Å². The first kappa shape index (κ1) is 18.5. The quantitative estimate of drug-likeness (QED) is 0.830. The second-order valence-corrected chi connectivity index (χ2v) is 8.65. The van der Waals surface area contributed by atoms with Crippen LogP contribution in [0.3, 0.4) is 0 Å². The molecule has 0 aliphatic carbocycles. The summed E-state index contributed by atoms with van der Waals surface area (Å²) in [6.45, 7) is 4.58. The Kier molecular flexibility index (Phi) is 4.62. The van der Waals surface area contributed by atoms with Gasteiger partial charge < -0.3 is 10.2 Å². The Morgan fingerprint density at radius 3 is 2.82 bits per heavy atom. The maximum absolute atomic E-state index is 13.0. The third-order valence-electron chi connectivity index (χ3n) is 5.07. The number of piperidine rings is 1. The summed E-state index contributed by atoms with van der Waals surface area (Å²) in [7, 11) is -3.74. The molecular formula is C19H21N5O3S. The third-order valence-corrected chi connectivity index (χ3v) is 6.42. The van der Waals surface area contributed by atoms with Gasteiger partial charge >= 0.3 is 0 Å². The van der Waals surface area contributed by atoms with Crippen LogP contribution in [0.15, 0.2) is 39.8 Å². The van der Waals surface area contributed by atoms with Crippen LogP contribution >= 0.6 is 0 Å². The van der Waals surface area contributed by atoms with Crippen LogP contribution in [0.5, 0.6) is 0 Å². The third kappa shape index (κ3) is 3.37. The van der Waals surface area contributed by atoms with E-state index >= 15 is 0 Å². The van der Waals surface area contributed by atoms with Crippen molar-refractivity contribution in [1.29, 1.82) is 0 Å². The van der Waals surface area contributed by atoms with Gasteiger partial charge in [-0.05, 0) is 38.8 Å². The molecule has 1 N–H and O–H groups in total. The molecule has 0 unspecified atom stereocenters. The lowest BCUT2D eigenvalue weighted by Gasteiger charge is -2.34. The van der Waals surface area contributed by atoms with Crippen molar-refractivity contribution in [2.24, 2.45) is 10.3 Å². The maximum Gasteiger partial charge on any atom is 0.286 e. The average molecular weight is 399 g/mol. The second-order valence-electron chi connectivity index (χ2n) is 7.08. The standard InChI is InChI=1S/C19H21N5O3S/c1-12-15(10-20-13(2)21-12)19(25)24-9-5-6-14(11-24)18-22-16-7-3-4-8-17(16)28(26,27)23-18/h3-4,7-8,10,14H,5-6,9,11H2,1-2H3,(H,22,23)/t14-/m1/s1. The summed E-state index contributed by atoms with van der Waals surface area (Å²) in [4.78, 5) is 23.3. The molecule has 28 heavy (non-hydrogen) atoms. The number of amidine groups is 1. The van der Waals surface area contributed by atoms with Crippen LogP contribution in [-0.2, 0) is 10.0 Å². The molecule has 0 bridgehead atoms. The molecule has 1 aromatic carbocycles. The number of likely N-dealkylation sites (tertiary alicyclic amines) is 1. The minimum atomic E-state index is -3.74. The first-order valence-corrected chi connectivity index (χ1v) is 10.6. The van der Waals surface area contributed by atoms with Gasteiger partial charge in [0.25, 0.3) is 15.9 Å². The Hall–Kier alpha value is -2.81. The molecule has 1 amide bonds. The molecule has 2 aliphatic rings. The number of aromatic nitrogens is 2. The molecule has 0 saturated carbocycles. The Balaban J connectivity index is 1.58. The zero-order valence-corrected chi connectivity index (χ0v) is 16.5. The van der Waals surface area contributed by atoms with E-state index in [4.69, 9.17) is 0 Å². The molecule has 3 heterocycles. The van der Waals surface area contributed by atoms with Crippen molar-refractivity contribution in [3.8, 4) is 0 Å². The fourth-order valence-electron chi connectivity index (χ4n) is 3.66. The van der Waals surface area contributed by atoms with E-state index in [1.54, 1.807) is 43.1 Å². The number of aryl methyl sites for hydroxylation is 2. The summed E-state index contributed by atoms with van der Waals surface area (Å²) in [6, 6.07) is 6.71. The Bertz CT molecular complexity index is 1080. The number of sulfonamides is 1. The molecule has 1 saturated heterocycles. The number of carbonyl (C=O) groups excluding carboxylic acids is 1. The van der Waals surface area contributed by atoms with E-state index in [2.05, 4.69) is 19.7 Å². The van der Waals surface area contributed by atoms with E-state index in [0.29, 0.717) is 41.7 Å². The van der Waals surface area contributed by atoms with Crippen molar-refractivity contribution in [2.75, 3.05) is 18.4 Å². The first-order chi connectivity index (χ1) is 13.3. The van der Waals surface area contributed by atoms with Gasteiger partial charge in [-0.1, -0.05) is 12.1 Å². The van der Waals surface area contributed by atoms with Crippen molar-refractivity contribution in [3.63, 3.8) is 0 Å². The van der Waals surface area contributed by atoms with Gasteiger partial charge in [0.05, 0.1) is 16.9 Å². The average Bonchev–Trinajstić information content (AvgIpc) is 2.67. The summed E-state index contributed by atoms with van der Waals surface area (Å²) in [6.07, 6.45) is 3.09. The Morgan fingerprint density at radius 1 is 1.25 bits per heavy atom. The lowest BCUT2D eigenvalue weighted by Crippen LogP contribution is -2.45. The van der Waals surface area contributed by atoms with Crippen molar-refractivity contribution in [3.05, 3.63) is 47.5 Å². The number of nitrogens with zero attached hydrogens (tertiary/aromatic N) is 4. The zero-order chi connectivity index (χ0) is 19.9. The normalized spacial score (nSPS) is 20.7. The molecule has 0 spiro atoms. The fourth-order valence-corrected chi connectivity index (χ4v) is 4.86. The maximum atomic E-state index is 13.0. The van der Waals surface area contributed by atoms with Crippen molar-refractivity contribution < 1.29 is 13.2 Å². The van der Waals surface area contributed by atoms with Crippen LogP contribution in [-0.4, -0.2) is 48.1 Å². The van der Waals surface area contributed by atoms with Gasteiger partial charge in [0.2, 0.25) is 0 Å². The molecule has 4 rings (SSSR count). The predicted octanol–water partition coefficient (Wildman–Crippen LogP) is 2.16.